The van der Waals surface area contributed by atoms with E-state index < -0.39 is 0 Å². The van der Waals surface area contributed by atoms with Gasteiger partial charge in [-0.25, -0.2) is 0 Å². The van der Waals surface area contributed by atoms with Crippen LogP contribution in [0.3, 0.4) is 0 Å². The quantitative estimate of drug-likeness (QED) is 0.824. The van der Waals surface area contributed by atoms with E-state index in [1.807, 2.05) is 19.1 Å². The molecule has 0 atom stereocenters. The van der Waals surface area contributed by atoms with Crippen LogP contribution in [0.15, 0.2) is 24.3 Å². The third-order valence-corrected chi connectivity index (χ3v) is 3.86. The maximum atomic E-state index is 12.2. The Balaban J connectivity index is 1.88. The zero-order valence-corrected chi connectivity index (χ0v) is 12.3. The van der Waals surface area contributed by atoms with Crippen molar-refractivity contribution in [1.82, 2.24) is 10.2 Å². The highest BCUT2D eigenvalue weighted by Crippen LogP contribution is 2.24. The first kappa shape index (κ1) is 15.5. The second kappa shape index (κ2) is 7.22. The SMILES string of the molecule is Cc1cccc(C(=O)NCC(=O)N(CCO)C2CCC2)c1. The van der Waals surface area contributed by atoms with Crippen molar-refractivity contribution < 1.29 is 14.7 Å². The standard InChI is InChI=1S/C16H22N2O3/c1-12-4-2-5-13(10-12)16(21)17-11-15(20)18(8-9-19)14-6-3-7-14/h2,4-5,10,14,19H,3,6-9,11H2,1H3,(H,17,21). The predicted molar refractivity (Wildman–Crippen MR) is 80.0 cm³/mol. The van der Waals surface area contributed by atoms with E-state index in [0.29, 0.717) is 12.1 Å². The van der Waals surface area contributed by atoms with Crippen molar-refractivity contribution in [2.45, 2.75) is 32.2 Å². The maximum Gasteiger partial charge on any atom is 0.251 e. The molecule has 21 heavy (non-hydrogen) atoms. The van der Waals surface area contributed by atoms with Crippen LogP contribution in [0.2, 0.25) is 0 Å². The molecule has 5 heteroatoms. The summed E-state index contributed by atoms with van der Waals surface area (Å²) in [5.74, 6) is -0.376. The Morgan fingerprint density at radius 2 is 2.14 bits per heavy atom. The van der Waals surface area contributed by atoms with Crippen LogP contribution < -0.4 is 5.32 Å². The van der Waals surface area contributed by atoms with E-state index in [-0.39, 0.29) is 31.0 Å². The molecule has 2 rings (SSSR count). The van der Waals surface area contributed by atoms with Crippen LogP contribution in [-0.2, 0) is 4.79 Å². The highest BCUT2D eigenvalue weighted by molar-refractivity contribution is 5.96. The van der Waals surface area contributed by atoms with Crippen LogP contribution in [0.1, 0.15) is 35.2 Å². The van der Waals surface area contributed by atoms with Crippen molar-refractivity contribution >= 4 is 11.8 Å². The van der Waals surface area contributed by atoms with Gasteiger partial charge in [0, 0.05) is 18.2 Å². The fourth-order valence-electron chi connectivity index (χ4n) is 2.46. The molecule has 0 radical (unpaired) electrons. The summed E-state index contributed by atoms with van der Waals surface area (Å²) in [4.78, 5) is 25.9. The van der Waals surface area contributed by atoms with Crippen molar-refractivity contribution in [3.8, 4) is 0 Å². The van der Waals surface area contributed by atoms with E-state index in [9.17, 15) is 9.59 Å². The number of amides is 2. The summed E-state index contributed by atoms with van der Waals surface area (Å²) in [6, 6.07) is 7.47. The normalized spacial score (nSPS) is 14.4. The first-order chi connectivity index (χ1) is 10.1. The minimum absolute atomic E-state index is 0.0245. The summed E-state index contributed by atoms with van der Waals surface area (Å²) in [6.45, 7) is 2.18. The van der Waals surface area contributed by atoms with Crippen LogP contribution in [0.5, 0.6) is 0 Å². The summed E-state index contributed by atoms with van der Waals surface area (Å²) in [5, 5.41) is 11.7. The highest BCUT2D eigenvalue weighted by Gasteiger charge is 2.28. The molecule has 1 fully saturated rings. The summed E-state index contributed by atoms with van der Waals surface area (Å²) in [5.41, 5.74) is 1.56. The van der Waals surface area contributed by atoms with E-state index >= 15 is 0 Å². The van der Waals surface area contributed by atoms with Crippen LogP contribution in [0.4, 0.5) is 0 Å². The molecule has 0 spiro atoms. The van der Waals surface area contributed by atoms with Crippen molar-refractivity contribution in [2.24, 2.45) is 0 Å². The number of benzene rings is 1. The number of carbonyl (C=O) groups excluding carboxylic acids is 2. The van der Waals surface area contributed by atoms with Crippen LogP contribution in [-0.4, -0.2) is 47.6 Å². The van der Waals surface area contributed by atoms with E-state index in [2.05, 4.69) is 5.32 Å². The highest BCUT2D eigenvalue weighted by atomic mass is 16.3. The van der Waals surface area contributed by atoms with Gasteiger partial charge in [-0.2, -0.15) is 0 Å². The lowest BCUT2D eigenvalue weighted by Crippen LogP contribution is -2.49. The number of carbonyl (C=O) groups is 2. The van der Waals surface area contributed by atoms with Crippen molar-refractivity contribution in [1.29, 1.82) is 0 Å². The molecule has 1 aliphatic rings. The molecule has 0 unspecified atom stereocenters. The molecule has 114 valence electrons. The fourth-order valence-corrected chi connectivity index (χ4v) is 2.46. The second-order valence-corrected chi connectivity index (χ2v) is 5.45. The first-order valence-corrected chi connectivity index (χ1v) is 7.37. The summed E-state index contributed by atoms with van der Waals surface area (Å²) >= 11 is 0. The molecule has 1 aliphatic carbocycles. The lowest BCUT2D eigenvalue weighted by molar-refractivity contribution is -0.134. The molecule has 0 bridgehead atoms. The smallest absolute Gasteiger partial charge is 0.251 e. The van der Waals surface area contributed by atoms with Crippen molar-refractivity contribution in [3.05, 3.63) is 35.4 Å². The Labute approximate surface area is 125 Å². The predicted octanol–water partition coefficient (Wildman–Crippen LogP) is 1.10. The number of aryl methyl sites for hydroxylation is 1. The molecule has 1 aromatic carbocycles. The summed E-state index contributed by atoms with van der Waals surface area (Å²) in [6.07, 6.45) is 3.09. The van der Waals surface area contributed by atoms with E-state index in [4.69, 9.17) is 5.11 Å². The molecular formula is C16H22N2O3. The Kier molecular flexibility index (Phi) is 5.33. The topological polar surface area (TPSA) is 69.6 Å². The van der Waals surface area contributed by atoms with Crippen LogP contribution in [0, 0.1) is 6.92 Å². The van der Waals surface area contributed by atoms with Gasteiger partial charge in [0.2, 0.25) is 5.91 Å². The number of hydrogen-bond donors (Lipinski definition) is 2. The Hall–Kier alpha value is -1.88. The van der Waals surface area contributed by atoms with Gasteiger partial charge in [0.05, 0.1) is 13.2 Å². The monoisotopic (exact) mass is 290 g/mol. The van der Waals surface area contributed by atoms with Gasteiger partial charge < -0.3 is 15.3 Å². The Morgan fingerprint density at radius 1 is 1.38 bits per heavy atom. The molecule has 0 aliphatic heterocycles. The van der Waals surface area contributed by atoms with Crippen LogP contribution >= 0.6 is 0 Å². The Bertz CT molecular complexity index is 512. The van der Waals surface area contributed by atoms with Gasteiger partial charge >= 0.3 is 0 Å². The number of nitrogens with one attached hydrogen (secondary N) is 1. The molecule has 0 aromatic heterocycles. The lowest BCUT2D eigenvalue weighted by Gasteiger charge is -2.37. The molecular weight excluding hydrogens is 268 g/mol. The lowest BCUT2D eigenvalue weighted by atomic mass is 9.91. The molecule has 2 N–H and O–H groups in total. The minimum atomic E-state index is -0.246. The molecule has 1 aromatic rings. The summed E-state index contributed by atoms with van der Waals surface area (Å²) < 4.78 is 0. The zero-order valence-electron chi connectivity index (χ0n) is 12.3. The fraction of sp³-hybridized carbons (Fsp3) is 0.500. The molecule has 2 amide bonds. The summed E-state index contributed by atoms with van der Waals surface area (Å²) in [7, 11) is 0. The van der Waals surface area contributed by atoms with Gasteiger partial charge in [0.25, 0.3) is 5.91 Å². The molecule has 1 saturated carbocycles. The van der Waals surface area contributed by atoms with Crippen molar-refractivity contribution in [3.63, 3.8) is 0 Å². The third kappa shape index (κ3) is 4.04. The minimum Gasteiger partial charge on any atom is -0.395 e. The Morgan fingerprint density at radius 3 is 2.71 bits per heavy atom. The largest absolute Gasteiger partial charge is 0.395 e. The molecule has 0 saturated heterocycles. The van der Waals surface area contributed by atoms with Gasteiger partial charge in [-0.3, -0.25) is 9.59 Å². The van der Waals surface area contributed by atoms with Gasteiger partial charge in [-0.1, -0.05) is 17.7 Å². The third-order valence-electron chi connectivity index (χ3n) is 3.86. The molecule has 5 nitrogen and oxygen atoms in total. The first-order valence-electron chi connectivity index (χ1n) is 7.37. The zero-order chi connectivity index (χ0) is 15.2. The number of aliphatic hydroxyl groups excluding tert-OH is 1. The number of aliphatic hydroxyl groups is 1. The van der Waals surface area contributed by atoms with E-state index in [1.165, 1.54) is 0 Å². The second-order valence-electron chi connectivity index (χ2n) is 5.45. The van der Waals surface area contributed by atoms with E-state index in [0.717, 1.165) is 24.8 Å². The van der Waals surface area contributed by atoms with Gasteiger partial charge in [0.15, 0.2) is 0 Å². The van der Waals surface area contributed by atoms with Gasteiger partial charge in [0.1, 0.15) is 0 Å². The van der Waals surface area contributed by atoms with Crippen molar-refractivity contribution in [2.75, 3.05) is 19.7 Å². The average molecular weight is 290 g/mol. The average Bonchev–Trinajstić information content (AvgIpc) is 2.42. The maximum absolute atomic E-state index is 12.2. The van der Waals surface area contributed by atoms with Gasteiger partial charge in [-0.15, -0.1) is 0 Å². The molecule has 0 heterocycles. The number of nitrogens with zero attached hydrogens (tertiary/aromatic N) is 1. The van der Waals surface area contributed by atoms with E-state index in [1.54, 1.807) is 17.0 Å². The van der Waals surface area contributed by atoms with Gasteiger partial charge in [-0.05, 0) is 38.3 Å². The number of rotatable bonds is 6. The van der Waals surface area contributed by atoms with Crippen LogP contribution in [0.25, 0.3) is 0 Å². The number of hydrogen-bond acceptors (Lipinski definition) is 3.